The van der Waals surface area contributed by atoms with Gasteiger partial charge in [0.25, 0.3) is 0 Å². The van der Waals surface area contributed by atoms with E-state index in [1.165, 1.54) is 0 Å². The molecule has 2 N–H and O–H groups in total. The summed E-state index contributed by atoms with van der Waals surface area (Å²) in [5.74, 6) is 1.07. The molecule has 4 heteroatoms. The van der Waals surface area contributed by atoms with Crippen LogP contribution >= 0.6 is 0 Å². The molecule has 76 valence electrons. The Bertz CT molecular complexity index is 165. The van der Waals surface area contributed by atoms with Crippen molar-refractivity contribution in [2.24, 2.45) is 4.99 Å². The zero-order valence-electron chi connectivity index (χ0n) is 8.12. The SMILES string of the molecule is COCC(CCO)NC1=NCCC1. The minimum atomic E-state index is 0.189. The Kier molecular flexibility index (Phi) is 4.78. The fraction of sp³-hybridized carbons (Fsp3) is 0.889. The first kappa shape index (κ1) is 10.5. The molecule has 1 aliphatic rings. The van der Waals surface area contributed by atoms with Gasteiger partial charge in [-0.25, -0.2) is 0 Å². The quantitative estimate of drug-likeness (QED) is 0.643. The minimum Gasteiger partial charge on any atom is -0.396 e. The summed E-state index contributed by atoms with van der Waals surface area (Å²) in [6.45, 7) is 1.75. The van der Waals surface area contributed by atoms with E-state index in [1.54, 1.807) is 7.11 Å². The summed E-state index contributed by atoms with van der Waals surface area (Å²) in [5, 5.41) is 12.1. The van der Waals surface area contributed by atoms with Gasteiger partial charge in [-0.1, -0.05) is 0 Å². The second kappa shape index (κ2) is 5.94. The highest BCUT2D eigenvalue weighted by molar-refractivity contribution is 5.83. The van der Waals surface area contributed by atoms with Gasteiger partial charge in [0.1, 0.15) is 0 Å². The summed E-state index contributed by atoms with van der Waals surface area (Å²) in [4.78, 5) is 4.31. The first-order valence-electron chi connectivity index (χ1n) is 4.76. The maximum Gasteiger partial charge on any atom is 0.0966 e. The second-order valence-electron chi connectivity index (χ2n) is 3.24. The smallest absolute Gasteiger partial charge is 0.0966 e. The number of rotatable bonds is 5. The van der Waals surface area contributed by atoms with E-state index < -0.39 is 0 Å². The van der Waals surface area contributed by atoms with Crippen LogP contribution in [0.4, 0.5) is 0 Å². The lowest BCUT2D eigenvalue weighted by Gasteiger charge is -2.17. The molecule has 1 heterocycles. The van der Waals surface area contributed by atoms with E-state index in [2.05, 4.69) is 10.3 Å². The molecule has 0 aliphatic carbocycles. The average Bonchev–Trinajstić information content (AvgIpc) is 2.58. The molecule has 4 nitrogen and oxygen atoms in total. The number of nitrogens with zero attached hydrogens (tertiary/aromatic N) is 1. The highest BCUT2D eigenvalue weighted by atomic mass is 16.5. The van der Waals surface area contributed by atoms with Crippen LogP contribution < -0.4 is 5.32 Å². The van der Waals surface area contributed by atoms with Gasteiger partial charge in [-0.2, -0.15) is 0 Å². The summed E-state index contributed by atoms with van der Waals surface area (Å²) in [6, 6.07) is 0.201. The topological polar surface area (TPSA) is 53.9 Å². The van der Waals surface area contributed by atoms with Gasteiger partial charge in [0.15, 0.2) is 0 Å². The maximum atomic E-state index is 8.80. The predicted molar refractivity (Wildman–Crippen MR) is 52.0 cm³/mol. The summed E-state index contributed by atoms with van der Waals surface area (Å²) in [7, 11) is 1.67. The Labute approximate surface area is 79.0 Å². The monoisotopic (exact) mass is 186 g/mol. The number of hydrogen-bond acceptors (Lipinski definition) is 4. The third kappa shape index (κ3) is 3.74. The molecule has 0 aromatic carbocycles. The van der Waals surface area contributed by atoms with Crippen molar-refractivity contribution in [1.29, 1.82) is 0 Å². The minimum absolute atomic E-state index is 0.189. The van der Waals surface area contributed by atoms with Gasteiger partial charge in [-0.15, -0.1) is 0 Å². The van der Waals surface area contributed by atoms with E-state index in [9.17, 15) is 0 Å². The normalized spacial score (nSPS) is 18.5. The molecule has 0 spiro atoms. The molecule has 0 radical (unpaired) electrons. The molecule has 0 saturated heterocycles. The molecule has 0 aromatic rings. The predicted octanol–water partition coefficient (Wildman–Crippen LogP) is 0.166. The van der Waals surface area contributed by atoms with Crippen LogP contribution in [0.25, 0.3) is 0 Å². The van der Waals surface area contributed by atoms with Crippen LogP contribution in [-0.4, -0.2) is 43.9 Å². The first-order valence-corrected chi connectivity index (χ1v) is 4.76. The Hall–Kier alpha value is -0.610. The largest absolute Gasteiger partial charge is 0.396 e. The van der Waals surface area contributed by atoms with Crippen LogP contribution in [0.5, 0.6) is 0 Å². The molecule has 13 heavy (non-hydrogen) atoms. The Morgan fingerprint density at radius 2 is 2.54 bits per heavy atom. The fourth-order valence-corrected chi connectivity index (χ4v) is 1.45. The number of nitrogens with one attached hydrogen (secondary N) is 1. The van der Waals surface area contributed by atoms with Gasteiger partial charge in [0.05, 0.1) is 18.5 Å². The fourth-order valence-electron chi connectivity index (χ4n) is 1.45. The molecule has 0 bridgehead atoms. The third-order valence-corrected chi connectivity index (χ3v) is 2.09. The van der Waals surface area contributed by atoms with Gasteiger partial charge >= 0.3 is 0 Å². The second-order valence-corrected chi connectivity index (χ2v) is 3.24. The van der Waals surface area contributed by atoms with Crippen molar-refractivity contribution in [1.82, 2.24) is 5.32 Å². The average molecular weight is 186 g/mol. The molecule has 1 atom stereocenters. The zero-order valence-corrected chi connectivity index (χ0v) is 8.12. The molecule has 0 fully saturated rings. The Morgan fingerprint density at radius 3 is 3.08 bits per heavy atom. The molecular weight excluding hydrogens is 168 g/mol. The van der Waals surface area contributed by atoms with Crippen molar-refractivity contribution < 1.29 is 9.84 Å². The van der Waals surface area contributed by atoms with E-state index in [-0.39, 0.29) is 12.6 Å². The van der Waals surface area contributed by atoms with Gasteiger partial charge in [-0.3, -0.25) is 4.99 Å². The number of ether oxygens (including phenoxy) is 1. The Morgan fingerprint density at radius 1 is 1.69 bits per heavy atom. The van der Waals surface area contributed by atoms with Crippen molar-refractivity contribution in [3.05, 3.63) is 0 Å². The van der Waals surface area contributed by atoms with E-state index in [0.29, 0.717) is 13.0 Å². The van der Waals surface area contributed by atoms with Gasteiger partial charge in [-0.05, 0) is 12.8 Å². The van der Waals surface area contributed by atoms with E-state index in [4.69, 9.17) is 9.84 Å². The summed E-state index contributed by atoms with van der Waals surface area (Å²) in [6.07, 6.45) is 2.89. The van der Waals surface area contributed by atoms with Crippen LogP contribution in [0, 0.1) is 0 Å². The standard InChI is InChI=1S/C9H18N2O2/c1-13-7-8(4-6-12)11-9-3-2-5-10-9/h8,12H,2-7H2,1H3,(H,10,11). The highest BCUT2D eigenvalue weighted by Gasteiger charge is 2.12. The zero-order chi connectivity index (χ0) is 9.52. The van der Waals surface area contributed by atoms with Crippen molar-refractivity contribution >= 4 is 5.84 Å². The highest BCUT2D eigenvalue weighted by Crippen LogP contribution is 2.03. The third-order valence-electron chi connectivity index (χ3n) is 2.09. The van der Waals surface area contributed by atoms with Crippen molar-refractivity contribution in [3.63, 3.8) is 0 Å². The van der Waals surface area contributed by atoms with E-state index in [0.717, 1.165) is 25.2 Å². The summed E-state index contributed by atoms with van der Waals surface area (Å²) in [5.41, 5.74) is 0. The van der Waals surface area contributed by atoms with E-state index >= 15 is 0 Å². The lowest BCUT2D eigenvalue weighted by molar-refractivity contribution is 0.156. The number of aliphatic hydroxyl groups is 1. The van der Waals surface area contributed by atoms with Gasteiger partial charge in [0, 0.05) is 26.7 Å². The molecule has 1 unspecified atom stereocenters. The van der Waals surface area contributed by atoms with E-state index in [1.807, 2.05) is 0 Å². The van der Waals surface area contributed by atoms with Crippen molar-refractivity contribution in [2.45, 2.75) is 25.3 Å². The summed E-state index contributed by atoms with van der Waals surface area (Å²) >= 11 is 0. The Balaban J connectivity index is 2.27. The maximum absolute atomic E-state index is 8.80. The number of aliphatic hydroxyl groups excluding tert-OH is 1. The molecule has 1 aliphatic heterocycles. The first-order chi connectivity index (χ1) is 6.36. The van der Waals surface area contributed by atoms with Crippen LogP contribution in [0.15, 0.2) is 4.99 Å². The van der Waals surface area contributed by atoms with Crippen LogP contribution in [0.3, 0.4) is 0 Å². The lowest BCUT2D eigenvalue weighted by atomic mass is 10.2. The number of aliphatic imine (C=N–C) groups is 1. The summed E-state index contributed by atoms with van der Waals surface area (Å²) < 4.78 is 5.04. The lowest BCUT2D eigenvalue weighted by Crippen LogP contribution is -2.37. The van der Waals surface area contributed by atoms with Crippen LogP contribution in [0.2, 0.25) is 0 Å². The van der Waals surface area contributed by atoms with Crippen LogP contribution in [0.1, 0.15) is 19.3 Å². The molecule has 0 saturated carbocycles. The molecule has 0 amide bonds. The van der Waals surface area contributed by atoms with Gasteiger partial charge in [0.2, 0.25) is 0 Å². The van der Waals surface area contributed by atoms with Crippen molar-refractivity contribution in [2.75, 3.05) is 26.9 Å². The number of amidine groups is 1. The molecular formula is C9H18N2O2. The molecule has 0 aromatic heterocycles. The number of methoxy groups -OCH3 is 1. The van der Waals surface area contributed by atoms with Crippen LogP contribution in [-0.2, 0) is 4.74 Å². The van der Waals surface area contributed by atoms with Gasteiger partial charge < -0.3 is 15.2 Å². The molecule has 1 rings (SSSR count). The number of hydrogen-bond donors (Lipinski definition) is 2. The van der Waals surface area contributed by atoms with Crippen molar-refractivity contribution in [3.8, 4) is 0 Å².